The molecular weight excluding hydrogens is 368 g/mol. The Bertz CT molecular complexity index is 1240. The topological polar surface area (TPSA) is 119 Å². The fraction of sp³-hybridized carbons (Fsp3) is 0.0588. The molecule has 10 heteroatoms. The Morgan fingerprint density at radius 1 is 1.19 bits per heavy atom. The lowest BCUT2D eigenvalue weighted by Crippen LogP contribution is -2.13. The number of hydrogen-bond donors (Lipinski definition) is 1. The first-order chi connectivity index (χ1) is 13.0. The fourth-order valence-corrected chi connectivity index (χ4v) is 3.30. The van der Waals surface area contributed by atoms with Gasteiger partial charge in [0.2, 0.25) is 0 Å². The van der Waals surface area contributed by atoms with Crippen molar-refractivity contribution in [3.63, 3.8) is 0 Å². The van der Waals surface area contributed by atoms with Crippen LogP contribution in [0.2, 0.25) is 0 Å². The number of aryl methyl sites for hydroxylation is 1. The number of nitrogens with zero attached hydrogens (tertiary/aromatic N) is 5. The number of aromatic nitrogens is 3. The molecule has 0 saturated carbocycles. The zero-order chi connectivity index (χ0) is 19.0. The summed E-state index contributed by atoms with van der Waals surface area (Å²) in [5.41, 5.74) is 1.63. The molecule has 134 valence electrons. The van der Waals surface area contributed by atoms with Crippen molar-refractivity contribution in [3.05, 3.63) is 74.7 Å². The number of hydrogen-bond acceptors (Lipinski definition) is 7. The maximum absolute atomic E-state index is 12.6. The summed E-state index contributed by atoms with van der Waals surface area (Å²) >= 11 is 1.07. The SMILES string of the molecule is Cc1[nH]n(-c2ccccc2)c(=O)c1N=Nc1snc2ccc([N+](=O)[O-])cc12. The van der Waals surface area contributed by atoms with E-state index in [2.05, 4.69) is 19.7 Å². The number of rotatable bonds is 4. The molecular formula is C17H12N6O3S. The highest BCUT2D eigenvalue weighted by Crippen LogP contribution is 2.34. The number of nitrogens with one attached hydrogen (secondary N) is 1. The highest BCUT2D eigenvalue weighted by Gasteiger charge is 2.14. The van der Waals surface area contributed by atoms with Gasteiger partial charge in [0, 0.05) is 17.5 Å². The molecule has 0 unspecified atom stereocenters. The van der Waals surface area contributed by atoms with Crippen molar-refractivity contribution >= 4 is 38.8 Å². The number of H-pyrrole nitrogens is 1. The van der Waals surface area contributed by atoms with Crippen LogP contribution in [0.4, 0.5) is 16.4 Å². The molecule has 0 aliphatic heterocycles. The fourth-order valence-electron chi connectivity index (χ4n) is 2.61. The highest BCUT2D eigenvalue weighted by molar-refractivity contribution is 7.11. The Balaban J connectivity index is 1.75. The summed E-state index contributed by atoms with van der Waals surface area (Å²) in [6.45, 7) is 1.73. The largest absolute Gasteiger partial charge is 0.299 e. The van der Waals surface area contributed by atoms with E-state index in [0.717, 1.165) is 11.5 Å². The van der Waals surface area contributed by atoms with Gasteiger partial charge in [-0.1, -0.05) is 18.2 Å². The van der Waals surface area contributed by atoms with Crippen LogP contribution in [-0.2, 0) is 0 Å². The third-order valence-corrected chi connectivity index (χ3v) is 4.71. The van der Waals surface area contributed by atoms with Crippen LogP contribution >= 0.6 is 11.5 Å². The molecule has 4 rings (SSSR count). The van der Waals surface area contributed by atoms with Crippen molar-refractivity contribution in [2.24, 2.45) is 10.2 Å². The third kappa shape index (κ3) is 3.02. The molecule has 0 amide bonds. The second-order valence-electron chi connectivity index (χ2n) is 5.71. The molecule has 2 heterocycles. The number of fused-ring (bicyclic) bond motifs is 1. The van der Waals surface area contributed by atoms with E-state index in [-0.39, 0.29) is 16.9 Å². The molecule has 0 atom stereocenters. The number of nitro groups is 1. The van der Waals surface area contributed by atoms with Gasteiger partial charge in [-0.15, -0.1) is 10.2 Å². The first kappa shape index (κ1) is 16.8. The molecule has 0 bridgehead atoms. The Kier molecular flexibility index (Phi) is 4.09. The van der Waals surface area contributed by atoms with Crippen LogP contribution in [0.15, 0.2) is 63.6 Å². The molecule has 0 fully saturated rings. The predicted octanol–water partition coefficient (Wildman–Crippen LogP) is 4.41. The van der Waals surface area contributed by atoms with E-state index in [0.29, 0.717) is 27.3 Å². The van der Waals surface area contributed by atoms with Crippen molar-refractivity contribution in [2.45, 2.75) is 6.92 Å². The minimum absolute atomic E-state index is 0.0524. The van der Waals surface area contributed by atoms with Gasteiger partial charge in [-0.3, -0.25) is 20.0 Å². The maximum atomic E-state index is 12.6. The van der Waals surface area contributed by atoms with Gasteiger partial charge in [0.1, 0.15) is 0 Å². The van der Waals surface area contributed by atoms with Crippen molar-refractivity contribution in [2.75, 3.05) is 0 Å². The van der Waals surface area contributed by atoms with E-state index in [9.17, 15) is 14.9 Å². The highest BCUT2D eigenvalue weighted by atomic mass is 32.1. The Morgan fingerprint density at radius 2 is 1.96 bits per heavy atom. The van der Waals surface area contributed by atoms with Gasteiger partial charge < -0.3 is 0 Å². The van der Waals surface area contributed by atoms with Crippen LogP contribution < -0.4 is 5.56 Å². The lowest BCUT2D eigenvalue weighted by atomic mass is 10.2. The summed E-state index contributed by atoms with van der Waals surface area (Å²) in [6.07, 6.45) is 0. The van der Waals surface area contributed by atoms with Gasteiger partial charge in [0.25, 0.3) is 11.2 Å². The van der Waals surface area contributed by atoms with E-state index in [1.54, 1.807) is 25.1 Å². The van der Waals surface area contributed by atoms with Crippen LogP contribution in [0.1, 0.15) is 5.69 Å². The summed E-state index contributed by atoms with van der Waals surface area (Å²) in [7, 11) is 0. The average molecular weight is 380 g/mol. The molecule has 0 radical (unpaired) electrons. The molecule has 9 nitrogen and oxygen atoms in total. The molecule has 1 N–H and O–H groups in total. The van der Waals surface area contributed by atoms with E-state index in [4.69, 9.17) is 0 Å². The first-order valence-electron chi connectivity index (χ1n) is 7.87. The summed E-state index contributed by atoms with van der Waals surface area (Å²) in [4.78, 5) is 23.1. The van der Waals surface area contributed by atoms with Gasteiger partial charge >= 0.3 is 0 Å². The van der Waals surface area contributed by atoms with Crippen LogP contribution in [0.5, 0.6) is 0 Å². The maximum Gasteiger partial charge on any atom is 0.299 e. The summed E-state index contributed by atoms with van der Waals surface area (Å²) in [5.74, 6) is 0. The van der Waals surface area contributed by atoms with Gasteiger partial charge in [-0.2, -0.15) is 4.37 Å². The Morgan fingerprint density at radius 3 is 2.70 bits per heavy atom. The zero-order valence-corrected chi connectivity index (χ0v) is 14.8. The Labute approximate surface area is 155 Å². The number of azo groups is 1. The van der Waals surface area contributed by atoms with Crippen LogP contribution in [0, 0.1) is 17.0 Å². The van der Waals surface area contributed by atoms with Gasteiger partial charge in [-0.05, 0) is 36.7 Å². The third-order valence-electron chi connectivity index (χ3n) is 3.95. The van der Waals surface area contributed by atoms with E-state index < -0.39 is 4.92 Å². The van der Waals surface area contributed by atoms with E-state index in [1.165, 1.54) is 16.8 Å². The summed E-state index contributed by atoms with van der Waals surface area (Å²) < 4.78 is 5.59. The van der Waals surface area contributed by atoms with E-state index >= 15 is 0 Å². The lowest BCUT2D eigenvalue weighted by molar-refractivity contribution is -0.384. The van der Waals surface area contributed by atoms with Crippen molar-refractivity contribution in [1.29, 1.82) is 0 Å². The van der Waals surface area contributed by atoms with Crippen LogP contribution in [0.3, 0.4) is 0 Å². The van der Waals surface area contributed by atoms with Gasteiger partial charge in [0.05, 0.1) is 21.8 Å². The minimum atomic E-state index is -0.479. The molecule has 0 saturated heterocycles. The van der Waals surface area contributed by atoms with Gasteiger partial charge in [0.15, 0.2) is 10.7 Å². The second-order valence-corrected chi connectivity index (χ2v) is 6.46. The average Bonchev–Trinajstić information content (AvgIpc) is 3.21. The number of nitro benzene ring substituents is 1. The number of benzene rings is 2. The minimum Gasteiger partial charge on any atom is -0.293 e. The van der Waals surface area contributed by atoms with Gasteiger partial charge in [-0.25, -0.2) is 4.68 Å². The molecule has 0 spiro atoms. The molecule has 0 aliphatic rings. The standard InChI is InChI=1S/C17H12N6O3S/c1-10-15(17(24)22(20-10)11-5-3-2-4-6-11)18-19-16-13-9-12(23(25)26)7-8-14(13)21-27-16/h2-9,20H,1H3. The number of non-ortho nitro benzene ring substituents is 1. The summed E-state index contributed by atoms with van der Waals surface area (Å²) in [6, 6.07) is 13.5. The second kappa shape index (κ2) is 6.57. The predicted molar refractivity (Wildman–Crippen MR) is 102 cm³/mol. The number of para-hydroxylation sites is 1. The lowest BCUT2D eigenvalue weighted by Gasteiger charge is -1.99. The van der Waals surface area contributed by atoms with Crippen LogP contribution in [-0.4, -0.2) is 19.1 Å². The molecule has 2 aromatic heterocycles. The van der Waals surface area contributed by atoms with Crippen LogP contribution in [0.25, 0.3) is 16.6 Å². The zero-order valence-electron chi connectivity index (χ0n) is 14.0. The quantitative estimate of drug-likeness (QED) is 0.320. The van der Waals surface area contributed by atoms with Crippen molar-refractivity contribution in [3.8, 4) is 5.69 Å². The normalized spacial score (nSPS) is 11.4. The van der Waals surface area contributed by atoms with E-state index in [1.807, 2.05) is 18.2 Å². The molecule has 2 aromatic carbocycles. The number of aromatic amines is 1. The molecule has 4 aromatic rings. The Hall–Kier alpha value is -3.66. The monoisotopic (exact) mass is 380 g/mol. The van der Waals surface area contributed by atoms with Crippen molar-refractivity contribution in [1.82, 2.24) is 14.2 Å². The first-order valence-corrected chi connectivity index (χ1v) is 8.64. The smallest absolute Gasteiger partial charge is 0.293 e. The molecule has 27 heavy (non-hydrogen) atoms. The summed E-state index contributed by atoms with van der Waals surface area (Å²) in [5, 5.41) is 23.1. The van der Waals surface area contributed by atoms with Crippen molar-refractivity contribution < 1.29 is 4.92 Å². The molecule has 0 aliphatic carbocycles.